The number of fused-ring (bicyclic) bond motifs is 1. The summed E-state index contributed by atoms with van der Waals surface area (Å²) in [5, 5.41) is 4.27. The molecule has 0 aliphatic heterocycles. The molecule has 0 aliphatic rings. The van der Waals surface area contributed by atoms with Crippen LogP contribution in [-0.4, -0.2) is 46.1 Å². The average molecular weight is 675 g/mol. The van der Waals surface area contributed by atoms with Crippen molar-refractivity contribution in [2.45, 2.75) is 91.5 Å². The minimum Gasteiger partial charge on any atom is -0.370 e. The molecule has 4 rings (SSSR count). The number of guanidine groups is 2. The summed E-state index contributed by atoms with van der Waals surface area (Å²) in [7, 11) is 0. The third kappa shape index (κ3) is 12.0. The van der Waals surface area contributed by atoms with E-state index in [1.807, 2.05) is 49.5 Å². The van der Waals surface area contributed by atoms with Gasteiger partial charge in [0.25, 0.3) is 0 Å². The second kappa shape index (κ2) is 17.1. The van der Waals surface area contributed by atoms with Crippen molar-refractivity contribution in [2.24, 2.45) is 32.9 Å². The summed E-state index contributed by atoms with van der Waals surface area (Å²) in [5.74, 6) is 0.152. The van der Waals surface area contributed by atoms with Gasteiger partial charge in [-0.1, -0.05) is 65.8 Å². The Morgan fingerprint density at radius 2 is 1.53 bits per heavy atom. The van der Waals surface area contributed by atoms with Crippen molar-refractivity contribution in [1.82, 2.24) is 19.9 Å². The maximum absolute atomic E-state index is 14.1. The summed E-state index contributed by atoms with van der Waals surface area (Å²) in [6, 6.07) is 13.9. The molecule has 0 fully saturated rings. The lowest BCUT2D eigenvalue weighted by Gasteiger charge is -2.21. The largest absolute Gasteiger partial charge is 0.370 e. The van der Waals surface area contributed by atoms with Crippen molar-refractivity contribution in [1.29, 1.82) is 0 Å². The van der Waals surface area contributed by atoms with Gasteiger partial charge >= 0.3 is 5.69 Å². The zero-order chi connectivity index (χ0) is 36.4. The molecule has 10 N–H and O–H groups in total. The fraction of sp³-hybridized carbons (Fsp3) is 0.459. The van der Waals surface area contributed by atoms with Crippen LogP contribution in [0.1, 0.15) is 88.8 Å². The second-order valence-electron chi connectivity index (χ2n) is 14.4. The third-order valence-electron chi connectivity index (χ3n) is 8.01. The van der Waals surface area contributed by atoms with E-state index in [2.05, 4.69) is 72.9 Å². The third-order valence-corrected chi connectivity index (χ3v) is 8.01. The fourth-order valence-corrected chi connectivity index (χ4v) is 5.10. The Morgan fingerprint density at radius 1 is 0.898 bits per heavy atom. The summed E-state index contributed by atoms with van der Waals surface area (Å²) >= 11 is 0. The number of aryl methyl sites for hydroxylation is 2. The molecule has 0 saturated carbocycles. The number of halogens is 1. The van der Waals surface area contributed by atoms with Crippen LogP contribution in [0.4, 0.5) is 4.39 Å². The van der Waals surface area contributed by atoms with Gasteiger partial charge in [0.15, 0.2) is 11.9 Å². The number of aromatic nitrogens is 3. The van der Waals surface area contributed by atoms with Gasteiger partial charge < -0.3 is 33.2 Å². The Balaban J connectivity index is 0.000000286. The number of H-pyrrole nitrogens is 1. The number of nitrogens with two attached hydrogens (primary N) is 4. The minimum atomic E-state index is -0.301. The number of aliphatic imine (C=N–C) groups is 2. The number of hydrogen-bond donors (Lipinski definition) is 6. The Labute approximate surface area is 289 Å². The average Bonchev–Trinajstić information content (AvgIpc) is 3.44. The summed E-state index contributed by atoms with van der Waals surface area (Å²) in [5.41, 5.74) is 27.1. The van der Waals surface area contributed by atoms with E-state index >= 15 is 0 Å². The Bertz CT molecular complexity index is 1780. The van der Waals surface area contributed by atoms with Gasteiger partial charge in [-0.2, -0.15) is 4.98 Å². The van der Waals surface area contributed by atoms with Crippen LogP contribution < -0.4 is 33.9 Å². The highest BCUT2D eigenvalue weighted by molar-refractivity contribution is 5.76. The van der Waals surface area contributed by atoms with Gasteiger partial charge in [0.1, 0.15) is 11.5 Å². The number of nitrogens with zero attached hydrogens (tertiary/aromatic N) is 4. The number of rotatable bonds is 12. The molecule has 0 unspecified atom stereocenters. The standard InChI is InChI=1S/C21H29N7O.C16H26FN3/c1-21(2,3)17-11-15-13-28(20(29)27-18(15)26-17)16-7-5-14(6-8-16)12-24-9-4-10-25-19(22)23;1-11-9-13(16(2,3)4)10-12(14(11)17)7-5-6-8-20-15(18)19/h5-8,11,13,24H,4,9-10,12H2,1-3H3,(H4,22,23,25)(H,26,27,29);9-10H,5-8H2,1-4H3,(H4,18,19,20). The van der Waals surface area contributed by atoms with Crippen LogP contribution in [0.3, 0.4) is 0 Å². The zero-order valence-electron chi connectivity index (χ0n) is 30.2. The molecule has 2 aromatic heterocycles. The van der Waals surface area contributed by atoms with Crippen LogP contribution >= 0.6 is 0 Å². The first kappa shape index (κ1) is 38.7. The Kier molecular flexibility index (Phi) is 13.5. The molecule has 0 spiro atoms. The number of unbranched alkanes of at least 4 members (excludes halogenated alkanes) is 1. The number of benzene rings is 2. The molecule has 4 aromatic rings. The Hall–Kier alpha value is -4.71. The molecule has 0 amide bonds. The highest BCUT2D eigenvalue weighted by atomic mass is 19.1. The maximum Gasteiger partial charge on any atom is 0.354 e. The van der Waals surface area contributed by atoms with Gasteiger partial charge in [-0.05, 0) is 85.0 Å². The first-order valence-corrected chi connectivity index (χ1v) is 16.8. The van der Waals surface area contributed by atoms with E-state index < -0.39 is 0 Å². The van der Waals surface area contributed by atoms with Crippen LogP contribution in [0, 0.1) is 12.7 Å². The van der Waals surface area contributed by atoms with Gasteiger partial charge in [0.2, 0.25) is 0 Å². The molecule has 2 aromatic carbocycles. The van der Waals surface area contributed by atoms with Crippen molar-refractivity contribution in [3.8, 4) is 5.69 Å². The van der Waals surface area contributed by atoms with Gasteiger partial charge in [0, 0.05) is 42.3 Å². The summed E-state index contributed by atoms with van der Waals surface area (Å²) in [6.07, 6.45) is 5.16. The van der Waals surface area contributed by atoms with Crippen LogP contribution in [0.2, 0.25) is 0 Å². The topological polar surface area (TPSA) is 192 Å². The van der Waals surface area contributed by atoms with Crippen LogP contribution in [0.15, 0.2) is 63.4 Å². The molecular weight excluding hydrogens is 619 g/mol. The van der Waals surface area contributed by atoms with E-state index in [0.717, 1.165) is 72.2 Å². The van der Waals surface area contributed by atoms with E-state index in [0.29, 0.717) is 18.7 Å². The molecule has 11 nitrogen and oxygen atoms in total. The van der Waals surface area contributed by atoms with Crippen LogP contribution in [0.25, 0.3) is 16.7 Å². The summed E-state index contributed by atoms with van der Waals surface area (Å²) in [6.45, 7) is 17.4. The van der Waals surface area contributed by atoms with Crippen molar-refractivity contribution >= 4 is 23.0 Å². The normalized spacial score (nSPS) is 11.6. The molecule has 0 bridgehead atoms. The van der Waals surface area contributed by atoms with Gasteiger partial charge in [-0.3, -0.25) is 14.6 Å². The predicted molar refractivity (Wildman–Crippen MR) is 201 cm³/mol. The predicted octanol–water partition coefficient (Wildman–Crippen LogP) is 4.79. The first-order chi connectivity index (χ1) is 23.0. The number of aromatic amines is 1. The summed E-state index contributed by atoms with van der Waals surface area (Å²) < 4.78 is 15.7. The van der Waals surface area contributed by atoms with E-state index in [9.17, 15) is 9.18 Å². The molecule has 0 radical (unpaired) electrons. The lowest BCUT2D eigenvalue weighted by Crippen LogP contribution is -2.23. The molecule has 2 heterocycles. The molecule has 0 aliphatic carbocycles. The minimum absolute atomic E-state index is 0.0332. The molecule has 49 heavy (non-hydrogen) atoms. The van der Waals surface area contributed by atoms with E-state index in [-0.39, 0.29) is 34.3 Å². The number of nitrogens with one attached hydrogen (secondary N) is 2. The lowest BCUT2D eigenvalue weighted by molar-refractivity contribution is 0.567. The zero-order valence-corrected chi connectivity index (χ0v) is 30.2. The monoisotopic (exact) mass is 674 g/mol. The smallest absolute Gasteiger partial charge is 0.354 e. The fourth-order valence-electron chi connectivity index (χ4n) is 5.10. The lowest BCUT2D eigenvalue weighted by atomic mass is 9.84. The van der Waals surface area contributed by atoms with E-state index in [1.165, 1.54) is 5.56 Å². The van der Waals surface area contributed by atoms with E-state index in [1.54, 1.807) is 4.57 Å². The molecule has 12 heteroatoms. The molecule has 0 atom stereocenters. The highest BCUT2D eigenvalue weighted by Gasteiger charge is 2.18. The van der Waals surface area contributed by atoms with Crippen LogP contribution in [0.5, 0.6) is 0 Å². The van der Waals surface area contributed by atoms with Crippen LogP contribution in [-0.2, 0) is 23.8 Å². The van der Waals surface area contributed by atoms with Crippen molar-refractivity contribution in [3.05, 3.63) is 92.9 Å². The van der Waals surface area contributed by atoms with Gasteiger partial charge in [-0.25, -0.2) is 9.18 Å². The van der Waals surface area contributed by atoms with Crippen molar-refractivity contribution in [2.75, 3.05) is 19.6 Å². The quantitative estimate of drug-likeness (QED) is 0.0707. The molecule has 0 saturated heterocycles. The maximum atomic E-state index is 14.1. The molecular formula is C37H55FN10O. The van der Waals surface area contributed by atoms with Crippen molar-refractivity contribution in [3.63, 3.8) is 0 Å². The summed E-state index contributed by atoms with van der Waals surface area (Å²) in [4.78, 5) is 27.8. The Morgan fingerprint density at radius 3 is 2.12 bits per heavy atom. The van der Waals surface area contributed by atoms with E-state index in [4.69, 9.17) is 22.9 Å². The first-order valence-electron chi connectivity index (χ1n) is 16.8. The SMILES string of the molecule is CC(C)(C)c1cc2cn(-c3ccc(CNCCCN=C(N)N)cc3)c(=O)nc2[nH]1.Cc1cc(C(C)(C)C)cc(CCCCN=C(N)N)c1F. The van der Waals surface area contributed by atoms with Gasteiger partial charge in [-0.15, -0.1) is 0 Å². The second-order valence-corrected chi connectivity index (χ2v) is 14.4. The van der Waals surface area contributed by atoms with Crippen molar-refractivity contribution < 1.29 is 4.39 Å². The van der Waals surface area contributed by atoms with Gasteiger partial charge in [0.05, 0.1) is 5.69 Å². The molecule has 266 valence electrons. The highest BCUT2D eigenvalue weighted by Crippen LogP contribution is 2.27. The number of hydrogen-bond acceptors (Lipinski definition) is 5.